The fourth-order valence-corrected chi connectivity index (χ4v) is 3.06. The third kappa shape index (κ3) is 3.25. The lowest BCUT2D eigenvalue weighted by Crippen LogP contribution is -2.47. The van der Waals surface area contributed by atoms with Crippen LogP contribution in [0.2, 0.25) is 0 Å². The number of nitrogen functional groups attached to an aromatic ring is 1. The van der Waals surface area contributed by atoms with Gasteiger partial charge in [-0.3, -0.25) is 4.79 Å². The zero-order valence-corrected chi connectivity index (χ0v) is 12.6. The maximum Gasteiger partial charge on any atom is 0.273 e. The van der Waals surface area contributed by atoms with Crippen LogP contribution in [0.1, 0.15) is 37.2 Å². The topological polar surface area (TPSA) is 62.5 Å². The van der Waals surface area contributed by atoms with E-state index in [2.05, 4.69) is 23.7 Å². The van der Waals surface area contributed by atoms with E-state index < -0.39 is 0 Å². The first-order chi connectivity index (χ1) is 8.99. The number of rotatable bonds is 3. The van der Waals surface area contributed by atoms with Crippen molar-refractivity contribution in [1.29, 1.82) is 0 Å². The number of carbonyl (C=O) groups excluding carboxylic acids is 1. The predicted octanol–water partition coefficient (Wildman–Crippen LogP) is 1.67. The van der Waals surface area contributed by atoms with Crippen molar-refractivity contribution in [3.63, 3.8) is 0 Å². The highest BCUT2D eigenvalue weighted by Gasteiger charge is 2.27. The van der Waals surface area contributed by atoms with Gasteiger partial charge in [0.2, 0.25) is 0 Å². The summed E-state index contributed by atoms with van der Waals surface area (Å²) in [5, 5.41) is 2.18. The summed E-state index contributed by atoms with van der Waals surface area (Å²) in [6, 6.07) is 0.894. The summed E-state index contributed by atoms with van der Waals surface area (Å²) < 4.78 is 0. The molecule has 0 bridgehead atoms. The smallest absolute Gasteiger partial charge is 0.273 e. The molecule has 1 aliphatic rings. The minimum atomic E-state index is -0.0176. The van der Waals surface area contributed by atoms with E-state index in [1.54, 1.807) is 5.38 Å². The standard InChI is InChI=1S/C13H22N4OS/c1-9(2)17-6-4-10(5-7-17)16(3)12(18)11-8-19-13(14)15-11/h8-10H,4-7H2,1-3H3,(H2,14,15). The van der Waals surface area contributed by atoms with E-state index in [0.717, 1.165) is 25.9 Å². The lowest BCUT2D eigenvalue weighted by molar-refractivity contribution is 0.0610. The maximum atomic E-state index is 12.3. The Morgan fingerprint density at radius 1 is 1.53 bits per heavy atom. The fourth-order valence-electron chi connectivity index (χ4n) is 2.52. The number of piperidine rings is 1. The predicted molar refractivity (Wildman–Crippen MR) is 78.4 cm³/mol. The second kappa shape index (κ2) is 5.88. The summed E-state index contributed by atoms with van der Waals surface area (Å²) in [6.45, 7) is 6.54. The van der Waals surface area contributed by atoms with Crippen LogP contribution in [0.3, 0.4) is 0 Å². The first kappa shape index (κ1) is 14.3. The van der Waals surface area contributed by atoms with Gasteiger partial charge in [-0.25, -0.2) is 4.98 Å². The van der Waals surface area contributed by atoms with Crippen molar-refractivity contribution < 1.29 is 4.79 Å². The lowest BCUT2D eigenvalue weighted by Gasteiger charge is -2.38. The molecule has 0 radical (unpaired) electrons. The van der Waals surface area contributed by atoms with E-state index in [4.69, 9.17) is 5.73 Å². The van der Waals surface area contributed by atoms with Crippen LogP contribution in [0.5, 0.6) is 0 Å². The average Bonchev–Trinajstić information content (AvgIpc) is 2.84. The van der Waals surface area contributed by atoms with Crippen molar-refractivity contribution in [3.8, 4) is 0 Å². The normalized spacial score (nSPS) is 17.9. The Kier molecular flexibility index (Phi) is 4.42. The molecule has 106 valence electrons. The van der Waals surface area contributed by atoms with Crippen molar-refractivity contribution in [2.24, 2.45) is 0 Å². The quantitative estimate of drug-likeness (QED) is 0.916. The SMILES string of the molecule is CC(C)N1CCC(N(C)C(=O)c2csc(N)n2)CC1. The number of likely N-dealkylation sites (tertiary alicyclic amines) is 1. The number of amides is 1. The Bertz CT molecular complexity index is 438. The Morgan fingerprint density at radius 3 is 2.63 bits per heavy atom. The van der Waals surface area contributed by atoms with Crippen LogP contribution in [0.4, 0.5) is 5.13 Å². The number of carbonyl (C=O) groups is 1. The van der Waals surface area contributed by atoms with Crippen LogP contribution in [-0.4, -0.2) is 52.9 Å². The zero-order valence-electron chi connectivity index (χ0n) is 11.8. The van der Waals surface area contributed by atoms with Crippen molar-refractivity contribution in [3.05, 3.63) is 11.1 Å². The largest absolute Gasteiger partial charge is 0.375 e. The molecular formula is C13H22N4OS. The van der Waals surface area contributed by atoms with E-state index in [1.807, 2.05) is 11.9 Å². The number of hydrogen-bond donors (Lipinski definition) is 1. The molecule has 0 unspecified atom stereocenters. The van der Waals surface area contributed by atoms with Gasteiger partial charge in [-0.1, -0.05) is 0 Å². The first-order valence-electron chi connectivity index (χ1n) is 6.71. The monoisotopic (exact) mass is 282 g/mol. The summed E-state index contributed by atoms with van der Waals surface area (Å²) in [4.78, 5) is 20.6. The molecule has 1 fully saturated rings. The molecule has 1 amide bonds. The van der Waals surface area contributed by atoms with Crippen LogP contribution >= 0.6 is 11.3 Å². The molecule has 0 saturated carbocycles. The van der Waals surface area contributed by atoms with E-state index in [0.29, 0.717) is 22.9 Å². The summed E-state index contributed by atoms with van der Waals surface area (Å²) in [7, 11) is 1.87. The molecule has 1 saturated heterocycles. The Hall–Kier alpha value is -1.14. The summed E-state index contributed by atoms with van der Waals surface area (Å²) in [5.74, 6) is -0.0176. The molecule has 2 N–H and O–H groups in total. The van der Waals surface area contributed by atoms with E-state index in [1.165, 1.54) is 11.3 Å². The summed E-state index contributed by atoms with van der Waals surface area (Å²) >= 11 is 1.31. The van der Waals surface area contributed by atoms with Crippen molar-refractivity contribution in [2.45, 2.75) is 38.8 Å². The van der Waals surface area contributed by atoms with E-state index in [9.17, 15) is 4.79 Å². The van der Waals surface area contributed by atoms with Crippen LogP contribution < -0.4 is 5.73 Å². The molecule has 5 nitrogen and oxygen atoms in total. The van der Waals surface area contributed by atoms with Gasteiger partial charge in [0.15, 0.2) is 5.13 Å². The average molecular weight is 282 g/mol. The van der Waals surface area contributed by atoms with Gasteiger partial charge in [0.1, 0.15) is 5.69 Å². The molecule has 0 aromatic carbocycles. The summed E-state index contributed by atoms with van der Waals surface area (Å²) in [5.41, 5.74) is 6.05. The molecular weight excluding hydrogens is 260 g/mol. The third-order valence-electron chi connectivity index (χ3n) is 3.84. The van der Waals surface area contributed by atoms with Crippen LogP contribution in [-0.2, 0) is 0 Å². The second-order valence-electron chi connectivity index (χ2n) is 5.35. The highest BCUT2D eigenvalue weighted by molar-refractivity contribution is 7.13. The van der Waals surface area contributed by atoms with Gasteiger partial charge in [0.25, 0.3) is 5.91 Å². The lowest BCUT2D eigenvalue weighted by atomic mass is 10.0. The number of aromatic nitrogens is 1. The molecule has 1 aromatic rings. The van der Waals surface area contributed by atoms with Crippen LogP contribution in [0.25, 0.3) is 0 Å². The number of anilines is 1. The van der Waals surface area contributed by atoms with Crippen molar-refractivity contribution in [2.75, 3.05) is 25.9 Å². The van der Waals surface area contributed by atoms with E-state index >= 15 is 0 Å². The van der Waals surface area contributed by atoms with E-state index in [-0.39, 0.29) is 5.91 Å². The number of thiazole rings is 1. The molecule has 6 heteroatoms. The molecule has 1 aromatic heterocycles. The highest BCUT2D eigenvalue weighted by atomic mass is 32.1. The van der Waals surface area contributed by atoms with Gasteiger partial charge in [-0.15, -0.1) is 11.3 Å². The van der Waals surface area contributed by atoms with Crippen LogP contribution in [0.15, 0.2) is 5.38 Å². The Morgan fingerprint density at radius 2 is 2.16 bits per heavy atom. The molecule has 1 aliphatic heterocycles. The van der Waals surface area contributed by atoms with Gasteiger partial charge in [0.05, 0.1) is 0 Å². The maximum absolute atomic E-state index is 12.3. The van der Waals surface area contributed by atoms with Crippen molar-refractivity contribution in [1.82, 2.24) is 14.8 Å². The second-order valence-corrected chi connectivity index (χ2v) is 6.24. The minimum Gasteiger partial charge on any atom is -0.375 e. The summed E-state index contributed by atoms with van der Waals surface area (Å²) in [6.07, 6.45) is 2.06. The first-order valence-corrected chi connectivity index (χ1v) is 7.59. The number of hydrogen-bond acceptors (Lipinski definition) is 5. The zero-order chi connectivity index (χ0) is 14.0. The minimum absolute atomic E-state index is 0.0176. The number of nitrogens with zero attached hydrogens (tertiary/aromatic N) is 3. The molecule has 0 aliphatic carbocycles. The molecule has 19 heavy (non-hydrogen) atoms. The van der Waals surface area contributed by atoms with Gasteiger partial charge in [0, 0.05) is 37.6 Å². The highest BCUT2D eigenvalue weighted by Crippen LogP contribution is 2.20. The van der Waals surface area contributed by atoms with Crippen molar-refractivity contribution >= 4 is 22.4 Å². The van der Waals surface area contributed by atoms with Crippen LogP contribution in [0, 0.1) is 0 Å². The van der Waals surface area contributed by atoms with Gasteiger partial charge in [-0.05, 0) is 26.7 Å². The molecule has 0 spiro atoms. The molecule has 2 heterocycles. The Labute approximate surface area is 118 Å². The fraction of sp³-hybridized carbons (Fsp3) is 0.692. The van der Waals surface area contributed by atoms with Gasteiger partial charge in [-0.2, -0.15) is 0 Å². The Balaban J connectivity index is 1.94. The van der Waals surface area contributed by atoms with Gasteiger partial charge < -0.3 is 15.5 Å². The number of nitrogens with two attached hydrogens (primary N) is 1. The van der Waals surface area contributed by atoms with Gasteiger partial charge >= 0.3 is 0 Å². The molecule has 2 rings (SSSR count). The molecule has 0 atom stereocenters. The third-order valence-corrected chi connectivity index (χ3v) is 4.51.